The molecule has 1 N–H and O–H groups in total. The first-order chi connectivity index (χ1) is 9.97. The SMILES string of the molecule is C=C1O[C@@]2(C)[C@@H](CCBr)C(=O)C[C@@]12[C@@H](O)[C@@H]1C=CCCC1. The Morgan fingerprint density at radius 1 is 1.62 bits per heavy atom. The lowest BCUT2D eigenvalue weighted by Crippen LogP contribution is -2.65. The number of allylic oxidation sites excluding steroid dienone is 1. The van der Waals surface area contributed by atoms with Crippen LogP contribution in [0.15, 0.2) is 24.5 Å². The summed E-state index contributed by atoms with van der Waals surface area (Å²) >= 11 is 3.43. The number of aliphatic hydroxyl groups excluding tert-OH is 1. The number of hydrogen-bond donors (Lipinski definition) is 1. The third-order valence-corrected chi connectivity index (χ3v) is 6.28. The molecule has 3 aliphatic rings. The summed E-state index contributed by atoms with van der Waals surface area (Å²) in [4.78, 5) is 12.5. The first-order valence-electron chi connectivity index (χ1n) is 7.79. The maximum atomic E-state index is 12.5. The van der Waals surface area contributed by atoms with Crippen molar-refractivity contribution in [3.63, 3.8) is 0 Å². The molecule has 0 amide bonds. The van der Waals surface area contributed by atoms with E-state index in [1.54, 1.807) is 0 Å². The molecule has 0 aromatic heterocycles. The Hall–Kier alpha value is -0.610. The molecule has 0 bridgehead atoms. The van der Waals surface area contributed by atoms with Crippen LogP contribution in [-0.2, 0) is 9.53 Å². The van der Waals surface area contributed by atoms with Crippen LogP contribution in [0.3, 0.4) is 0 Å². The second-order valence-electron chi connectivity index (χ2n) is 6.74. The van der Waals surface area contributed by atoms with E-state index in [4.69, 9.17) is 4.74 Å². The van der Waals surface area contributed by atoms with E-state index in [2.05, 4.69) is 34.7 Å². The molecule has 5 atom stereocenters. The van der Waals surface area contributed by atoms with Gasteiger partial charge in [0, 0.05) is 17.7 Å². The summed E-state index contributed by atoms with van der Waals surface area (Å²) in [6.45, 7) is 5.98. The van der Waals surface area contributed by atoms with Gasteiger partial charge in [0.25, 0.3) is 0 Å². The van der Waals surface area contributed by atoms with Crippen molar-refractivity contribution in [2.24, 2.45) is 17.3 Å². The van der Waals surface area contributed by atoms with Crippen LogP contribution >= 0.6 is 15.9 Å². The quantitative estimate of drug-likeness (QED) is 0.621. The molecule has 1 heterocycles. The van der Waals surface area contributed by atoms with Gasteiger partial charge in [-0.05, 0) is 32.6 Å². The number of alkyl halides is 1. The predicted molar refractivity (Wildman–Crippen MR) is 85.1 cm³/mol. The molecular weight excluding hydrogens is 332 g/mol. The molecule has 1 saturated heterocycles. The molecule has 1 saturated carbocycles. The minimum absolute atomic E-state index is 0.106. The highest BCUT2D eigenvalue weighted by atomic mass is 79.9. The Morgan fingerprint density at radius 2 is 2.38 bits per heavy atom. The van der Waals surface area contributed by atoms with Gasteiger partial charge in [-0.15, -0.1) is 0 Å². The molecule has 2 aliphatic carbocycles. The number of ether oxygens (including phenoxy) is 1. The van der Waals surface area contributed by atoms with Crippen molar-refractivity contribution < 1.29 is 14.6 Å². The highest BCUT2D eigenvalue weighted by Gasteiger charge is 2.75. The van der Waals surface area contributed by atoms with E-state index in [1.165, 1.54) is 0 Å². The molecule has 0 aromatic carbocycles. The van der Waals surface area contributed by atoms with Gasteiger partial charge in [-0.2, -0.15) is 0 Å². The van der Waals surface area contributed by atoms with Crippen molar-refractivity contribution in [3.8, 4) is 0 Å². The van der Waals surface area contributed by atoms with Gasteiger partial charge >= 0.3 is 0 Å². The second kappa shape index (κ2) is 5.24. The number of fused-ring (bicyclic) bond motifs is 1. The first kappa shape index (κ1) is 15.3. The van der Waals surface area contributed by atoms with Crippen LogP contribution in [0.2, 0.25) is 0 Å². The number of rotatable bonds is 4. The second-order valence-corrected chi connectivity index (χ2v) is 7.54. The molecule has 3 nitrogen and oxygen atoms in total. The molecule has 116 valence electrons. The van der Waals surface area contributed by atoms with Crippen LogP contribution in [0.25, 0.3) is 0 Å². The Bertz CT molecular complexity index is 500. The van der Waals surface area contributed by atoms with Crippen LogP contribution < -0.4 is 0 Å². The fourth-order valence-electron chi connectivity index (χ4n) is 4.61. The zero-order valence-electron chi connectivity index (χ0n) is 12.5. The zero-order chi connectivity index (χ0) is 15.3. The van der Waals surface area contributed by atoms with E-state index >= 15 is 0 Å². The largest absolute Gasteiger partial charge is 0.490 e. The van der Waals surface area contributed by atoms with Crippen molar-refractivity contribution >= 4 is 21.7 Å². The van der Waals surface area contributed by atoms with Crippen LogP contribution in [0.5, 0.6) is 0 Å². The van der Waals surface area contributed by atoms with Crippen LogP contribution in [0.1, 0.15) is 39.0 Å². The van der Waals surface area contributed by atoms with E-state index in [-0.39, 0.29) is 17.6 Å². The number of halogens is 1. The molecule has 0 radical (unpaired) electrons. The molecule has 3 rings (SSSR count). The monoisotopic (exact) mass is 354 g/mol. The fraction of sp³-hybridized carbons (Fsp3) is 0.706. The van der Waals surface area contributed by atoms with Crippen molar-refractivity contribution in [1.82, 2.24) is 0 Å². The number of carbonyl (C=O) groups is 1. The average Bonchev–Trinajstić information content (AvgIpc) is 2.65. The fourth-order valence-corrected chi connectivity index (χ4v) is 5.06. The van der Waals surface area contributed by atoms with E-state index < -0.39 is 17.1 Å². The maximum absolute atomic E-state index is 12.5. The smallest absolute Gasteiger partial charge is 0.141 e. The lowest BCUT2D eigenvalue weighted by atomic mass is 9.59. The molecule has 0 spiro atoms. The van der Waals surface area contributed by atoms with Gasteiger partial charge in [0.2, 0.25) is 0 Å². The number of carbonyl (C=O) groups excluding carboxylic acids is 1. The normalized spacial score (nSPS) is 43.2. The minimum atomic E-state index is -0.598. The van der Waals surface area contributed by atoms with Gasteiger partial charge in [-0.3, -0.25) is 4.79 Å². The number of Topliss-reactive ketones (excluding diaryl/α,β-unsaturated/α-hetero) is 1. The Labute approximate surface area is 134 Å². The van der Waals surface area contributed by atoms with Gasteiger partial charge in [0.15, 0.2) is 0 Å². The lowest BCUT2D eigenvalue weighted by molar-refractivity contribution is -0.242. The van der Waals surface area contributed by atoms with Gasteiger partial charge in [-0.25, -0.2) is 0 Å². The Morgan fingerprint density at radius 3 is 2.95 bits per heavy atom. The van der Waals surface area contributed by atoms with E-state index in [0.717, 1.165) is 31.0 Å². The van der Waals surface area contributed by atoms with Crippen LogP contribution in [-0.4, -0.2) is 27.9 Å². The van der Waals surface area contributed by atoms with Crippen LogP contribution in [0, 0.1) is 17.3 Å². The highest BCUT2D eigenvalue weighted by Crippen LogP contribution is 2.66. The Balaban J connectivity index is 1.94. The molecule has 4 heteroatoms. The molecule has 0 aromatic rings. The standard InChI is InChI=1S/C17H23BrO3/c1-11-17(15(20)12-6-4-3-5-7-12)10-14(19)13(8-9-18)16(17,2)21-11/h4,6,12-13,15,20H,1,3,5,7-10H2,2H3/t12-,13+,15+,16+,17+/m1/s1. The summed E-state index contributed by atoms with van der Waals surface area (Å²) in [6, 6.07) is 0. The summed E-state index contributed by atoms with van der Waals surface area (Å²) in [5.74, 6) is 0.759. The molecule has 2 fully saturated rings. The van der Waals surface area contributed by atoms with Gasteiger partial charge in [-0.1, -0.05) is 34.7 Å². The third kappa shape index (κ3) is 1.91. The van der Waals surface area contributed by atoms with Crippen molar-refractivity contribution in [3.05, 3.63) is 24.5 Å². The van der Waals surface area contributed by atoms with Crippen molar-refractivity contribution in [2.45, 2.75) is 50.7 Å². The Kier molecular flexibility index (Phi) is 3.81. The topological polar surface area (TPSA) is 46.5 Å². The molecule has 1 aliphatic heterocycles. The molecular formula is C17H23BrO3. The summed E-state index contributed by atoms with van der Waals surface area (Å²) in [5, 5.41) is 11.8. The van der Waals surface area contributed by atoms with Gasteiger partial charge in [0.05, 0.1) is 12.0 Å². The number of ketones is 1. The number of hydrogen-bond acceptors (Lipinski definition) is 3. The average molecular weight is 355 g/mol. The van der Waals surface area contributed by atoms with Gasteiger partial charge < -0.3 is 9.84 Å². The summed E-state index contributed by atoms with van der Waals surface area (Å²) in [6.07, 6.45) is 7.93. The van der Waals surface area contributed by atoms with Gasteiger partial charge in [0.1, 0.15) is 22.6 Å². The third-order valence-electron chi connectivity index (χ3n) is 5.83. The summed E-state index contributed by atoms with van der Waals surface area (Å²) in [7, 11) is 0. The minimum Gasteiger partial charge on any atom is -0.490 e. The first-order valence-corrected chi connectivity index (χ1v) is 8.91. The van der Waals surface area contributed by atoms with E-state index in [0.29, 0.717) is 12.2 Å². The predicted octanol–water partition coefficient (Wildman–Crippen LogP) is 3.37. The van der Waals surface area contributed by atoms with Crippen molar-refractivity contribution in [1.29, 1.82) is 0 Å². The van der Waals surface area contributed by atoms with E-state index in [1.807, 2.05) is 6.92 Å². The summed E-state index contributed by atoms with van der Waals surface area (Å²) in [5.41, 5.74) is -1.19. The van der Waals surface area contributed by atoms with E-state index in [9.17, 15) is 9.90 Å². The molecule has 0 unspecified atom stereocenters. The maximum Gasteiger partial charge on any atom is 0.141 e. The number of aliphatic hydroxyl groups is 1. The zero-order valence-corrected chi connectivity index (χ0v) is 14.1. The van der Waals surface area contributed by atoms with Crippen LogP contribution in [0.4, 0.5) is 0 Å². The van der Waals surface area contributed by atoms with Crippen molar-refractivity contribution in [2.75, 3.05) is 5.33 Å². The lowest BCUT2D eigenvalue weighted by Gasteiger charge is -2.59. The summed E-state index contributed by atoms with van der Waals surface area (Å²) < 4.78 is 5.88. The molecule has 21 heavy (non-hydrogen) atoms. The highest BCUT2D eigenvalue weighted by molar-refractivity contribution is 9.09.